The van der Waals surface area contributed by atoms with Gasteiger partial charge in [-0.25, -0.2) is 4.98 Å². The number of rotatable bonds is 5. The minimum Gasteiger partial charge on any atom is -0.386 e. The van der Waals surface area contributed by atoms with Crippen molar-refractivity contribution in [2.24, 2.45) is 0 Å². The molecule has 0 saturated heterocycles. The van der Waals surface area contributed by atoms with Crippen molar-refractivity contribution in [3.63, 3.8) is 0 Å². The van der Waals surface area contributed by atoms with Gasteiger partial charge in [0.05, 0.1) is 6.04 Å². The number of amides is 1. The number of fused-ring (bicyclic) bond motifs is 1. The van der Waals surface area contributed by atoms with Gasteiger partial charge in [-0.15, -0.1) is 0 Å². The van der Waals surface area contributed by atoms with Crippen LogP contribution in [0.3, 0.4) is 0 Å². The van der Waals surface area contributed by atoms with E-state index in [1.54, 1.807) is 6.07 Å². The Hall–Kier alpha value is -2.98. The monoisotopic (exact) mass is 358 g/mol. The Balaban J connectivity index is 1.62. The summed E-state index contributed by atoms with van der Waals surface area (Å²) in [7, 11) is 0. The molecule has 136 valence electrons. The fourth-order valence-electron chi connectivity index (χ4n) is 3.61. The first-order chi connectivity index (χ1) is 13.2. The molecule has 1 aliphatic rings. The first-order valence-electron chi connectivity index (χ1n) is 9.30. The normalized spacial score (nSPS) is 15.0. The fourth-order valence-corrected chi connectivity index (χ4v) is 3.61. The molecule has 0 bridgehead atoms. The highest BCUT2D eigenvalue weighted by atomic mass is 16.3. The van der Waals surface area contributed by atoms with Gasteiger partial charge in [-0.1, -0.05) is 66.7 Å². The number of aromatic nitrogens is 1. The summed E-state index contributed by atoms with van der Waals surface area (Å²) < 4.78 is 0. The lowest BCUT2D eigenvalue weighted by Crippen LogP contribution is -2.33. The van der Waals surface area contributed by atoms with Crippen molar-refractivity contribution in [1.29, 1.82) is 0 Å². The first kappa shape index (κ1) is 17.4. The maximum atomic E-state index is 12.9. The molecule has 0 unspecified atom stereocenters. The highest BCUT2D eigenvalue weighted by Crippen LogP contribution is 2.29. The minimum absolute atomic E-state index is 0.270. The Kier molecular flexibility index (Phi) is 4.99. The number of carbonyl (C=O) groups excluding carboxylic acids is 1. The van der Waals surface area contributed by atoms with Crippen LogP contribution in [0.25, 0.3) is 0 Å². The number of hydrogen-bond acceptors (Lipinski definition) is 3. The van der Waals surface area contributed by atoms with Crippen molar-refractivity contribution >= 4 is 5.91 Å². The number of aryl methyl sites for hydroxylation is 2. The number of hydrogen-bond donors (Lipinski definition) is 2. The van der Waals surface area contributed by atoms with E-state index in [0.717, 1.165) is 36.1 Å². The molecule has 27 heavy (non-hydrogen) atoms. The van der Waals surface area contributed by atoms with Crippen LogP contribution in [0.5, 0.6) is 0 Å². The summed E-state index contributed by atoms with van der Waals surface area (Å²) in [5.41, 5.74) is 4.26. The van der Waals surface area contributed by atoms with E-state index in [-0.39, 0.29) is 5.91 Å². The summed E-state index contributed by atoms with van der Waals surface area (Å²) in [6, 6.07) is 22.1. The van der Waals surface area contributed by atoms with E-state index in [1.807, 2.05) is 66.7 Å². The van der Waals surface area contributed by atoms with Crippen LogP contribution in [-0.2, 0) is 12.8 Å². The third-order valence-electron chi connectivity index (χ3n) is 5.06. The second kappa shape index (κ2) is 7.72. The summed E-state index contributed by atoms with van der Waals surface area (Å²) >= 11 is 0. The Morgan fingerprint density at radius 2 is 1.56 bits per heavy atom. The van der Waals surface area contributed by atoms with Crippen molar-refractivity contribution in [2.45, 2.75) is 31.4 Å². The molecule has 0 aliphatic heterocycles. The van der Waals surface area contributed by atoms with E-state index in [4.69, 9.17) is 0 Å². The number of nitrogens with zero attached hydrogens (tertiary/aromatic N) is 1. The largest absolute Gasteiger partial charge is 0.386 e. The second-order valence-electron chi connectivity index (χ2n) is 6.87. The number of aliphatic hydroxyl groups is 1. The minimum atomic E-state index is -0.855. The molecule has 1 amide bonds. The molecule has 1 aliphatic carbocycles. The average molecular weight is 358 g/mol. The Labute approximate surface area is 158 Å². The van der Waals surface area contributed by atoms with Crippen molar-refractivity contribution in [1.82, 2.24) is 10.3 Å². The van der Waals surface area contributed by atoms with Crippen LogP contribution in [0.1, 0.15) is 51.4 Å². The van der Waals surface area contributed by atoms with Gasteiger partial charge >= 0.3 is 0 Å². The zero-order chi connectivity index (χ0) is 18.6. The SMILES string of the molecule is O=C(N[C@@H](c1ccccc1)[C@H](O)c1ccccc1)c1ccc2c(n1)CCC2. The molecular formula is C23H22N2O2. The molecule has 2 aromatic carbocycles. The maximum Gasteiger partial charge on any atom is 0.270 e. The summed E-state index contributed by atoms with van der Waals surface area (Å²) in [5, 5.41) is 13.9. The summed E-state index contributed by atoms with van der Waals surface area (Å²) in [5.74, 6) is -0.270. The van der Waals surface area contributed by atoms with Gasteiger partial charge in [0.15, 0.2) is 0 Å². The van der Waals surface area contributed by atoms with E-state index in [0.29, 0.717) is 5.69 Å². The van der Waals surface area contributed by atoms with Gasteiger partial charge in [0.1, 0.15) is 11.8 Å². The standard InChI is InChI=1S/C23H22N2O2/c26-22(18-10-5-2-6-11-18)21(17-8-3-1-4-9-17)25-23(27)20-15-14-16-12-7-13-19(16)24-20/h1-6,8-11,14-15,21-22,26H,7,12-13H2,(H,25,27)/t21-,22+/m0/s1. The van der Waals surface area contributed by atoms with Gasteiger partial charge in [0.25, 0.3) is 5.91 Å². The van der Waals surface area contributed by atoms with Gasteiger partial charge in [0.2, 0.25) is 0 Å². The van der Waals surface area contributed by atoms with Gasteiger partial charge in [-0.05, 0) is 42.0 Å². The lowest BCUT2D eigenvalue weighted by atomic mass is 9.95. The van der Waals surface area contributed by atoms with Crippen LogP contribution in [0.2, 0.25) is 0 Å². The van der Waals surface area contributed by atoms with Gasteiger partial charge in [0, 0.05) is 5.69 Å². The Bertz CT molecular complexity index is 926. The van der Waals surface area contributed by atoms with E-state index < -0.39 is 12.1 Å². The summed E-state index contributed by atoms with van der Waals surface area (Å²) in [4.78, 5) is 17.4. The van der Waals surface area contributed by atoms with Crippen LogP contribution in [0.15, 0.2) is 72.8 Å². The van der Waals surface area contributed by atoms with Gasteiger partial charge in [-0.3, -0.25) is 4.79 Å². The van der Waals surface area contributed by atoms with Crippen molar-refractivity contribution in [3.8, 4) is 0 Å². The van der Waals surface area contributed by atoms with Crippen LogP contribution >= 0.6 is 0 Å². The van der Waals surface area contributed by atoms with Crippen LogP contribution in [-0.4, -0.2) is 16.0 Å². The predicted octanol–water partition coefficient (Wildman–Crippen LogP) is 3.78. The van der Waals surface area contributed by atoms with Crippen LogP contribution in [0.4, 0.5) is 0 Å². The highest BCUT2D eigenvalue weighted by Gasteiger charge is 2.26. The molecule has 1 aromatic heterocycles. The number of pyridine rings is 1. The van der Waals surface area contributed by atoms with E-state index in [1.165, 1.54) is 5.56 Å². The molecule has 0 radical (unpaired) electrons. The van der Waals surface area contributed by atoms with E-state index in [9.17, 15) is 9.90 Å². The molecule has 3 aromatic rings. The maximum absolute atomic E-state index is 12.9. The van der Waals surface area contributed by atoms with Crippen LogP contribution < -0.4 is 5.32 Å². The molecule has 0 spiro atoms. The lowest BCUT2D eigenvalue weighted by Gasteiger charge is -2.25. The van der Waals surface area contributed by atoms with Crippen molar-refractivity contribution in [2.75, 3.05) is 0 Å². The van der Waals surface area contributed by atoms with Gasteiger partial charge < -0.3 is 10.4 Å². The second-order valence-corrected chi connectivity index (χ2v) is 6.87. The first-order valence-corrected chi connectivity index (χ1v) is 9.30. The number of benzene rings is 2. The summed E-state index contributed by atoms with van der Waals surface area (Å²) in [6.07, 6.45) is 2.19. The van der Waals surface area contributed by atoms with E-state index in [2.05, 4.69) is 10.3 Å². The smallest absolute Gasteiger partial charge is 0.270 e. The molecule has 0 saturated carbocycles. The molecule has 4 rings (SSSR count). The molecular weight excluding hydrogens is 336 g/mol. The molecule has 4 heteroatoms. The zero-order valence-corrected chi connectivity index (χ0v) is 15.0. The highest BCUT2D eigenvalue weighted by molar-refractivity contribution is 5.92. The fraction of sp³-hybridized carbons (Fsp3) is 0.217. The molecule has 4 nitrogen and oxygen atoms in total. The lowest BCUT2D eigenvalue weighted by molar-refractivity contribution is 0.0826. The zero-order valence-electron chi connectivity index (χ0n) is 15.0. The average Bonchev–Trinajstić information content (AvgIpc) is 3.20. The van der Waals surface area contributed by atoms with E-state index >= 15 is 0 Å². The third-order valence-corrected chi connectivity index (χ3v) is 5.06. The molecule has 2 N–H and O–H groups in total. The number of carbonyl (C=O) groups is 1. The molecule has 1 heterocycles. The third kappa shape index (κ3) is 3.76. The summed E-state index contributed by atoms with van der Waals surface area (Å²) in [6.45, 7) is 0. The Morgan fingerprint density at radius 1 is 0.889 bits per heavy atom. The molecule has 2 atom stereocenters. The number of nitrogens with one attached hydrogen (secondary N) is 1. The molecule has 0 fully saturated rings. The van der Waals surface area contributed by atoms with Crippen molar-refractivity contribution < 1.29 is 9.90 Å². The number of aliphatic hydroxyl groups excluding tert-OH is 1. The predicted molar refractivity (Wildman–Crippen MR) is 104 cm³/mol. The Morgan fingerprint density at radius 3 is 2.26 bits per heavy atom. The topological polar surface area (TPSA) is 62.2 Å². The van der Waals surface area contributed by atoms with Crippen LogP contribution in [0, 0.1) is 0 Å². The quantitative estimate of drug-likeness (QED) is 0.730. The van der Waals surface area contributed by atoms with Crippen molar-refractivity contribution in [3.05, 3.63) is 101 Å². The van der Waals surface area contributed by atoms with Gasteiger partial charge in [-0.2, -0.15) is 0 Å².